The van der Waals surface area contributed by atoms with Crippen LogP contribution in [0.3, 0.4) is 0 Å². The van der Waals surface area contributed by atoms with Crippen LogP contribution in [0.15, 0.2) is 60.7 Å². The van der Waals surface area contributed by atoms with Crippen LogP contribution in [-0.2, 0) is 25.8 Å². The number of benzene rings is 4. The molecule has 8 nitrogen and oxygen atoms in total. The average molecular weight is 609 g/mol. The second-order valence-corrected chi connectivity index (χ2v) is 12.4. The lowest BCUT2D eigenvalue weighted by Gasteiger charge is -2.36. The van der Waals surface area contributed by atoms with Crippen molar-refractivity contribution in [2.75, 3.05) is 48.5 Å². The molecule has 0 aliphatic carbocycles. The number of phenolic OH excluding ortho intramolecular Hbond substituents is 1. The maximum absolute atomic E-state index is 10.7. The molecule has 0 amide bonds. The summed E-state index contributed by atoms with van der Waals surface area (Å²) in [6.45, 7) is 2.51. The molecule has 45 heavy (non-hydrogen) atoms. The molecule has 0 saturated heterocycles. The van der Waals surface area contributed by atoms with Crippen LogP contribution in [0.2, 0.25) is 0 Å². The molecule has 4 aliphatic rings. The second-order valence-electron chi connectivity index (χ2n) is 12.4. The molecule has 234 valence electrons. The summed E-state index contributed by atoms with van der Waals surface area (Å²) in [5, 5.41) is 10.7. The Kier molecular flexibility index (Phi) is 7.71. The van der Waals surface area contributed by atoms with Gasteiger partial charge in [-0.2, -0.15) is 0 Å². The summed E-state index contributed by atoms with van der Waals surface area (Å²) < 4.78 is 31.0. The van der Waals surface area contributed by atoms with Crippen molar-refractivity contribution >= 4 is 0 Å². The zero-order valence-corrected chi connectivity index (χ0v) is 26.6. The Hall–Kier alpha value is -4.40. The first kappa shape index (κ1) is 29.3. The lowest BCUT2D eigenvalue weighted by molar-refractivity contribution is 0.228. The molecule has 8 heteroatoms. The summed E-state index contributed by atoms with van der Waals surface area (Å²) in [4.78, 5) is 4.72. The fraction of sp³-hybridized carbons (Fsp3) is 0.351. The summed E-state index contributed by atoms with van der Waals surface area (Å²) >= 11 is 0. The van der Waals surface area contributed by atoms with Crippen LogP contribution in [0.1, 0.15) is 45.3 Å². The van der Waals surface area contributed by atoms with E-state index in [1.54, 1.807) is 27.4 Å². The molecule has 0 aromatic heterocycles. The minimum atomic E-state index is 0.0617. The number of nitrogens with zero attached hydrogens (tertiary/aromatic N) is 2. The molecule has 4 heterocycles. The molecule has 0 unspecified atom stereocenters. The highest BCUT2D eigenvalue weighted by Crippen LogP contribution is 2.51. The lowest BCUT2D eigenvalue weighted by atomic mass is 9.84. The summed E-state index contributed by atoms with van der Waals surface area (Å²) in [6.07, 6.45) is 2.45. The summed E-state index contributed by atoms with van der Waals surface area (Å²) in [5.41, 5.74) is 6.95. The SMILES string of the molecule is COc1cc2c3cc1Oc1c(OC)c(OC)cc4c1[C@H](Cc1ccc(O)c(c1)Oc1ccc(cc1)C[C@H]3N(C)CC2)CN(C)C4. The van der Waals surface area contributed by atoms with E-state index in [9.17, 15) is 5.11 Å². The standard InChI is InChI=1S/C37H40N2O6/c1-38-20-25-14-23-8-11-30(40)31(16-23)44-27-9-6-22(7-10-27)15-29-28-19-33(32(41-3)17-24(28)12-13-39(29)2)45-37-35(25)26(21-38)18-34(42-4)36(37)43-5/h6-11,16-19,25,29,40H,12-15,20-21H2,1-5H3/t25-,29-/m1/s1. The molecule has 0 saturated carbocycles. The number of fused-ring (bicyclic) bond motifs is 2. The maximum atomic E-state index is 10.7. The maximum Gasteiger partial charge on any atom is 0.204 e. The first-order valence-electron chi connectivity index (χ1n) is 15.5. The number of ether oxygens (including phenoxy) is 5. The molecular formula is C37H40N2O6. The van der Waals surface area contributed by atoms with E-state index in [2.05, 4.69) is 54.2 Å². The fourth-order valence-corrected chi connectivity index (χ4v) is 7.24. The number of hydrogen-bond acceptors (Lipinski definition) is 8. The minimum Gasteiger partial charge on any atom is -0.504 e. The molecule has 0 fully saturated rings. The van der Waals surface area contributed by atoms with Gasteiger partial charge in [0, 0.05) is 37.2 Å². The molecular weight excluding hydrogens is 568 g/mol. The molecule has 0 spiro atoms. The van der Waals surface area contributed by atoms with Gasteiger partial charge in [0.2, 0.25) is 5.75 Å². The quantitative estimate of drug-likeness (QED) is 0.271. The lowest BCUT2D eigenvalue weighted by Crippen LogP contribution is -2.33. The smallest absolute Gasteiger partial charge is 0.204 e. The summed E-state index contributed by atoms with van der Waals surface area (Å²) in [5.74, 6) is 4.47. The van der Waals surface area contributed by atoms with Crippen molar-refractivity contribution in [3.63, 3.8) is 0 Å². The van der Waals surface area contributed by atoms with Crippen LogP contribution in [0.4, 0.5) is 0 Å². The first-order chi connectivity index (χ1) is 21.8. The van der Waals surface area contributed by atoms with E-state index >= 15 is 0 Å². The van der Waals surface area contributed by atoms with Crippen LogP contribution in [0, 0.1) is 0 Å². The van der Waals surface area contributed by atoms with Crippen molar-refractivity contribution in [3.8, 4) is 46.0 Å². The van der Waals surface area contributed by atoms with Gasteiger partial charge < -0.3 is 33.7 Å². The largest absolute Gasteiger partial charge is 0.504 e. The Labute approximate surface area is 264 Å². The van der Waals surface area contributed by atoms with Crippen molar-refractivity contribution in [3.05, 3.63) is 94.0 Å². The fourth-order valence-electron chi connectivity index (χ4n) is 7.24. The number of hydrogen-bond donors (Lipinski definition) is 1. The van der Waals surface area contributed by atoms with Crippen molar-refractivity contribution in [1.82, 2.24) is 9.80 Å². The molecule has 0 radical (unpaired) electrons. The van der Waals surface area contributed by atoms with E-state index in [1.165, 1.54) is 16.7 Å². The van der Waals surface area contributed by atoms with Crippen LogP contribution in [0.25, 0.3) is 0 Å². The van der Waals surface area contributed by atoms with Crippen LogP contribution in [-0.4, -0.2) is 63.4 Å². The highest BCUT2D eigenvalue weighted by Gasteiger charge is 2.34. The van der Waals surface area contributed by atoms with Crippen molar-refractivity contribution in [1.29, 1.82) is 0 Å². The van der Waals surface area contributed by atoms with Gasteiger partial charge in [0.1, 0.15) is 5.75 Å². The average Bonchev–Trinajstić information content (AvgIpc) is 3.03. The van der Waals surface area contributed by atoms with E-state index < -0.39 is 0 Å². The monoisotopic (exact) mass is 608 g/mol. The molecule has 4 aliphatic heterocycles. The van der Waals surface area contributed by atoms with E-state index in [0.29, 0.717) is 46.7 Å². The van der Waals surface area contributed by atoms with Gasteiger partial charge in [0.05, 0.1) is 21.3 Å². The minimum absolute atomic E-state index is 0.0617. The van der Waals surface area contributed by atoms with Gasteiger partial charge in [-0.05, 0) is 104 Å². The number of phenols is 1. The third-order valence-corrected chi connectivity index (χ3v) is 9.48. The van der Waals surface area contributed by atoms with Crippen LogP contribution in [0.5, 0.6) is 46.0 Å². The third-order valence-electron chi connectivity index (χ3n) is 9.48. The zero-order chi connectivity index (χ0) is 31.2. The number of methoxy groups -OCH3 is 3. The highest BCUT2D eigenvalue weighted by molar-refractivity contribution is 5.64. The topological polar surface area (TPSA) is 72.9 Å². The number of likely N-dealkylation sites (N-methyl/N-ethyl adjacent to an activating group) is 2. The molecule has 4 aromatic carbocycles. The van der Waals surface area contributed by atoms with E-state index in [0.717, 1.165) is 49.2 Å². The van der Waals surface area contributed by atoms with E-state index in [1.807, 2.05) is 24.3 Å². The summed E-state index contributed by atoms with van der Waals surface area (Å²) in [6, 6.07) is 20.3. The van der Waals surface area contributed by atoms with Crippen LogP contribution < -0.4 is 23.7 Å². The Morgan fingerprint density at radius 2 is 1.53 bits per heavy atom. The number of rotatable bonds is 3. The van der Waals surface area contributed by atoms with Gasteiger partial charge in [-0.1, -0.05) is 18.2 Å². The summed E-state index contributed by atoms with van der Waals surface area (Å²) in [7, 11) is 9.32. The van der Waals surface area contributed by atoms with Crippen molar-refractivity contribution in [2.24, 2.45) is 0 Å². The Morgan fingerprint density at radius 3 is 2.29 bits per heavy atom. The van der Waals surface area contributed by atoms with Gasteiger partial charge in [-0.25, -0.2) is 0 Å². The van der Waals surface area contributed by atoms with E-state index in [4.69, 9.17) is 23.7 Å². The van der Waals surface area contributed by atoms with Gasteiger partial charge in [0.15, 0.2) is 34.5 Å². The van der Waals surface area contributed by atoms with Gasteiger partial charge in [0.25, 0.3) is 0 Å². The predicted molar refractivity (Wildman–Crippen MR) is 173 cm³/mol. The van der Waals surface area contributed by atoms with Gasteiger partial charge >= 0.3 is 0 Å². The molecule has 6 bridgehead atoms. The predicted octanol–water partition coefficient (Wildman–Crippen LogP) is 6.86. The third kappa shape index (κ3) is 5.42. The van der Waals surface area contributed by atoms with Crippen molar-refractivity contribution in [2.45, 2.75) is 37.8 Å². The Balaban J connectivity index is 1.46. The second kappa shape index (κ2) is 11.8. The van der Waals surface area contributed by atoms with Crippen LogP contribution >= 0.6 is 0 Å². The molecule has 8 rings (SSSR count). The normalized spacial score (nSPS) is 19.4. The Bertz CT molecular complexity index is 1740. The zero-order valence-electron chi connectivity index (χ0n) is 26.6. The first-order valence-corrected chi connectivity index (χ1v) is 15.5. The molecule has 4 aromatic rings. The van der Waals surface area contributed by atoms with Crippen molar-refractivity contribution < 1.29 is 28.8 Å². The highest BCUT2D eigenvalue weighted by atomic mass is 16.5. The molecule has 2 atom stereocenters. The van der Waals surface area contributed by atoms with Gasteiger partial charge in [-0.3, -0.25) is 4.90 Å². The van der Waals surface area contributed by atoms with E-state index in [-0.39, 0.29) is 17.7 Å². The number of aromatic hydroxyl groups is 1. The Morgan fingerprint density at radius 1 is 0.778 bits per heavy atom. The van der Waals surface area contributed by atoms with Gasteiger partial charge in [-0.15, -0.1) is 0 Å². The molecule has 1 N–H and O–H groups in total.